The molecule has 1 saturated carbocycles. The molecule has 3 heterocycles. The summed E-state index contributed by atoms with van der Waals surface area (Å²) in [7, 11) is 0. The summed E-state index contributed by atoms with van der Waals surface area (Å²) in [5, 5.41) is 8.54. The molecule has 2 unspecified atom stereocenters. The van der Waals surface area contributed by atoms with Gasteiger partial charge in [-0.3, -0.25) is 29.0 Å². The molecule has 6 aromatic rings. The summed E-state index contributed by atoms with van der Waals surface area (Å²) in [5.74, 6) is -0.446. The Kier molecular flexibility index (Phi) is 22.4. The van der Waals surface area contributed by atoms with Crippen molar-refractivity contribution in [3.8, 4) is 11.5 Å². The highest BCUT2D eigenvalue weighted by Crippen LogP contribution is 2.42. The summed E-state index contributed by atoms with van der Waals surface area (Å²) in [6.45, 7) is 26.0. The standard InChI is InChI=1S/C73H96N4O10/c1-13-17-43-74-57(53-27-25-29-55-61(83-45-19-15-3)41-39-59(74)66(53)55)37-35-51-33-34-52(36-38-58-54-28-26-30-56-62(84-46-20-16-4)42-40-60(67(54)56)75(58)44-18-14-2)65(51)68-69(80)76(71(82)77(70(68)81)50(6)48-86-72(7,8)9)49(5)47-85-63(78)31-23-21-22-24-32-64(79)87-73(10,11)12/h25-30,35-42,49-50H,13-24,31-34,43-48H2,1-12H3/b51-35+,52-36+,57-37+,58-38+. The van der Waals surface area contributed by atoms with E-state index in [2.05, 4.69) is 122 Å². The second-order valence-electron chi connectivity index (χ2n) is 25.7. The molecule has 2 fully saturated rings. The Balaban J connectivity index is 1.27. The lowest BCUT2D eigenvalue weighted by atomic mass is 9.94. The van der Waals surface area contributed by atoms with Crippen LogP contribution in [-0.4, -0.2) is 98.4 Å². The highest BCUT2D eigenvalue weighted by Gasteiger charge is 2.49. The minimum absolute atomic E-state index is 0.0203. The summed E-state index contributed by atoms with van der Waals surface area (Å²) in [6.07, 6.45) is 20.4. The zero-order valence-electron chi connectivity index (χ0n) is 54.2. The highest BCUT2D eigenvalue weighted by atomic mass is 16.6. The zero-order valence-corrected chi connectivity index (χ0v) is 54.2. The molecule has 14 heteroatoms. The van der Waals surface area contributed by atoms with Crippen LogP contribution in [0.15, 0.2) is 95.1 Å². The van der Waals surface area contributed by atoms with E-state index in [1.54, 1.807) is 13.8 Å². The molecule has 2 aromatic heterocycles. The number of rotatable bonds is 29. The number of aromatic nitrogens is 2. The minimum atomic E-state index is -0.948. The molecule has 2 atom stereocenters. The lowest BCUT2D eigenvalue weighted by molar-refractivity contribution is -0.155. The van der Waals surface area contributed by atoms with Crippen LogP contribution in [0.25, 0.3) is 55.5 Å². The highest BCUT2D eigenvalue weighted by molar-refractivity contribution is 6.30. The smallest absolute Gasteiger partial charge is 0.334 e. The average Bonchev–Trinajstić information content (AvgIpc) is 1.81. The van der Waals surface area contributed by atoms with Crippen molar-refractivity contribution in [1.29, 1.82) is 0 Å². The van der Waals surface area contributed by atoms with E-state index in [1.807, 2.05) is 41.5 Å². The monoisotopic (exact) mass is 1190 g/mol. The van der Waals surface area contributed by atoms with Crippen LogP contribution in [0.4, 0.5) is 4.79 Å². The number of imide groups is 2. The molecule has 0 bridgehead atoms. The maximum atomic E-state index is 15.7. The van der Waals surface area contributed by atoms with E-state index in [4.69, 9.17) is 23.7 Å². The molecule has 4 amide bonds. The van der Waals surface area contributed by atoms with Gasteiger partial charge in [-0.2, -0.15) is 0 Å². The first kappa shape index (κ1) is 65.8. The van der Waals surface area contributed by atoms with Crippen LogP contribution < -0.4 is 20.2 Å². The quantitative estimate of drug-likeness (QED) is 0.0192. The van der Waals surface area contributed by atoms with E-state index in [-0.39, 0.29) is 31.2 Å². The number of barbiturate groups is 1. The molecular formula is C73H96N4O10. The number of hydrogen-bond acceptors (Lipinski definition) is 10. The predicted octanol–water partition coefficient (Wildman–Crippen LogP) is 15.1. The topological polar surface area (TPSA) is 148 Å². The Labute approximate surface area is 515 Å². The van der Waals surface area contributed by atoms with Gasteiger partial charge in [0, 0.05) is 80.0 Å². The lowest BCUT2D eigenvalue weighted by Crippen LogP contribution is -2.62. The molecule has 14 nitrogen and oxygen atoms in total. The first-order valence-electron chi connectivity index (χ1n) is 32.4. The van der Waals surface area contributed by atoms with Crippen molar-refractivity contribution in [2.75, 3.05) is 26.4 Å². The summed E-state index contributed by atoms with van der Waals surface area (Å²) >= 11 is 0. The van der Waals surface area contributed by atoms with Gasteiger partial charge in [0.2, 0.25) is 0 Å². The number of hydrogen-bond donors (Lipinski definition) is 0. The molecule has 2 aliphatic rings. The average molecular weight is 1190 g/mol. The molecule has 1 saturated heterocycles. The zero-order chi connectivity index (χ0) is 62.6. The maximum Gasteiger partial charge on any atom is 0.334 e. The SMILES string of the molecule is CCCCOc1ccc2c3c1cccc3/c(=C\C=C1/CC/C(=C\C=c3/c4cccc5c(OCCCC)ccc(c54)n3CCCC)C1=C1C(=O)N(C(C)COC(=O)CCCCCCC(=O)OC(C)(C)C)C(=O)N(C(C)COC(C)(C)C)C1=O)n2CCCC. The number of aryl methyl sites for hydroxylation is 2. The number of urea groups is 1. The number of carbonyl (C=O) groups is 5. The van der Waals surface area contributed by atoms with Crippen LogP contribution in [-0.2, 0) is 46.5 Å². The molecule has 0 radical (unpaired) electrons. The van der Waals surface area contributed by atoms with Crippen LogP contribution in [0, 0.1) is 0 Å². The second kappa shape index (κ2) is 29.7. The van der Waals surface area contributed by atoms with E-state index >= 15 is 14.4 Å². The van der Waals surface area contributed by atoms with E-state index < -0.39 is 47.1 Å². The summed E-state index contributed by atoms with van der Waals surface area (Å²) < 4.78 is 35.1. The predicted molar refractivity (Wildman–Crippen MR) is 350 cm³/mol. The number of unbranched alkanes of at least 4 members (excludes halogenated alkanes) is 7. The van der Waals surface area contributed by atoms with Gasteiger partial charge in [-0.25, -0.2) is 4.79 Å². The van der Waals surface area contributed by atoms with Gasteiger partial charge in [-0.15, -0.1) is 0 Å². The third kappa shape index (κ3) is 15.6. The van der Waals surface area contributed by atoms with E-state index in [9.17, 15) is 9.59 Å². The van der Waals surface area contributed by atoms with E-state index in [1.165, 1.54) is 0 Å². The molecule has 468 valence electrons. The third-order valence-corrected chi connectivity index (χ3v) is 16.4. The van der Waals surface area contributed by atoms with Gasteiger partial charge < -0.3 is 32.8 Å². The first-order chi connectivity index (χ1) is 41.7. The Morgan fingerprint density at radius 1 is 0.517 bits per heavy atom. The Morgan fingerprint density at radius 2 is 0.966 bits per heavy atom. The van der Waals surface area contributed by atoms with Gasteiger partial charge in [0.1, 0.15) is 29.3 Å². The first-order valence-corrected chi connectivity index (χ1v) is 32.4. The van der Waals surface area contributed by atoms with Crippen molar-refractivity contribution < 1.29 is 47.7 Å². The van der Waals surface area contributed by atoms with E-state index in [0.717, 1.165) is 157 Å². The van der Waals surface area contributed by atoms with Crippen LogP contribution in [0.3, 0.4) is 0 Å². The third-order valence-electron chi connectivity index (χ3n) is 16.4. The van der Waals surface area contributed by atoms with Gasteiger partial charge >= 0.3 is 18.0 Å². The number of nitrogens with zero attached hydrogens (tertiary/aromatic N) is 4. The Hall–Kier alpha value is -7.19. The van der Waals surface area contributed by atoms with Crippen molar-refractivity contribution in [3.63, 3.8) is 0 Å². The van der Waals surface area contributed by atoms with Gasteiger partial charge in [0.05, 0.1) is 37.5 Å². The lowest BCUT2D eigenvalue weighted by Gasteiger charge is -2.40. The molecule has 1 aliphatic carbocycles. The number of esters is 2. The van der Waals surface area contributed by atoms with Crippen LogP contribution in [0.1, 0.15) is 186 Å². The fraction of sp³-hybridized carbons (Fsp3) is 0.521. The van der Waals surface area contributed by atoms with Gasteiger partial charge in [-0.05, 0) is 160 Å². The number of amides is 4. The van der Waals surface area contributed by atoms with Gasteiger partial charge in [0.15, 0.2) is 0 Å². The van der Waals surface area contributed by atoms with Crippen molar-refractivity contribution >= 4 is 85.3 Å². The summed E-state index contributed by atoms with van der Waals surface area (Å²) in [5.41, 5.74) is 3.03. The largest absolute Gasteiger partial charge is 0.493 e. The van der Waals surface area contributed by atoms with Crippen LogP contribution in [0.2, 0.25) is 0 Å². The number of ether oxygens (including phenoxy) is 5. The van der Waals surface area contributed by atoms with Gasteiger partial charge in [0.25, 0.3) is 11.8 Å². The maximum absolute atomic E-state index is 15.7. The fourth-order valence-electron chi connectivity index (χ4n) is 12.0. The van der Waals surface area contributed by atoms with Crippen molar-refractivity contribution in [3.05, 3.63) is 106 Å². The number of carbonyl (C=O) groups excluding carboxylic acids is 5. The van der Waals surface area contributed by atoms with Crippen LogP contribution in [0.5, 0.6) is 11.5 Å². The molecule has 0 N–H and O–H groups in total. The molecule has 8 rings (SSSR count). The normalized spacial score (nSPS) is 16.6. The molecule has 0 spiro atoms. The molecule has 1 aliphatic heterocycles. The second-order valence-corrected chi connectivity index (χ2v) is 25.7. The molecule has 87 heavy (non-hydrogen) atoms. The van der Waals surface area contributed by atoms with E-state index in [0.29, 0.717) is 57.3 Å². The minimum Gasteiger partial charge on any atom is -0.493 e. The summed E-state index contributed by atoms with van der Waals surface area (Å²) in [4.78, 5) is 74.3. The van der Waals surface area contributed by atoms with Crippen molar-refractivity contribution in [2.45, 2.75) is 222 Å². The Bertz CT molecular complexity index is 3490. The summed E-state index contributed by atoms with van der Waals surface area (Å²) in [6, 6.07) is 18.7. The van der Waals surface area contributed by atoms with Crippen molar-refractivity contribution in [2.24, 2.45) is 0 Å². The molecule has 4 aromatic carbocycles. The number of benzene rings is 4. The van der Waals surface area contributed by atoms with Crippen LogP contribution >= 0.6 is 0 Å². The Morgan fingerprint density at radius 3 is 1.41 bits per heavy atom. The molecular weight excluding hydrogens is 1090 g/mol. The fourth-order valence-corrected chi connectivity index (χ4v) is 12.0. The van der Waals surface area contributed by atoms with Crippen molar-refractivity contribution in [1.82, 2.24) is 18.9 Å². The number of allylic oxidation sites excluding steroid dienone is 5. The van der Waals surface area contributed by atoms with Gasteiger partial charge in [-0.1, -0.05) is 115 Å².